The van der Waals surface area contributed by atoms with Gasteiger partial charge >= 0.3 is 0 Å². The van der Waals surface area contributed by atoms with Gasteiger partial charge in [-0.25, -0.2) is 16.8 Å². The average molecular weight is 333 g/mol. The zero-order valence-corrected chi connectivity index (χ0v) is 13.9. The summed E-state index contributed by atoms with van der Waals surface area (Å²) in [6.45, 7) is 1.67. The van der Waals surface area contributed by atoms with Crippen LogP contribution in [0.25, 0.3) is 0 Å². The number of sulfone groups is 1. The summed E-state index contributed by atoms with van der Waals surface area (Å²) < 4.78 is 54.7. The van der Waals surface area contributed by atoms with Gasteiger partial charge in [-0.2, -0.15) is 4.31 Å². The first-order valence-electron chi connectivity index (χ1n) is 6.44. The lowest BCUT2D eigenvalue weighted by Crippen LogP contribution is -2.48. The van der Waals surface area contributed by atoms with Gasteiger partial charge in [-0.3, -0.25) is 0 Å². The molecule has 1 heterocycles. The maximum absolute atomic E-state index is 12.6. The fourth-order valence-electron chi connectivity index (χ4n) is 2.44. The van der Waals surface area contributed by atoms with Gasteiger partial charge in [0.25, 0.3) is 0 Å². The molecule has 0 bridgehead atoms. The summed E-state index contributed by atoms with van der Waals surface area (Å²) in [4.78, 5) is 0.122. The number of rotatable bonds is 4. The van der Waals surface area contributed by atoms with Gasteiger partial charge in [-0.1, -0.05) is 0 Å². The van der Waals surface area contributed by atoms with E-state index in [-0.39, 0.29) is 16.4 Å². The SMILES string of the molecule is COc1ccc(S(=O)(=O)N(C)[C@]2(C)CCS(=O)(=O)C2)cc1. The molecule has 1 aliphatic rings. The van der Waals surface area contributed by atoms with Crippen LogP contribution in [0.4, 0.5) is 0 Å². The molecule has 8 heteroatoms. The Morgan fingerprint density at radius 2 is 1.81 bits per heavy atom. The van der Waals surface area contributed by atoms with Crippen LogP contribution in [0.15, 0.2) is 29.2 Å². The fraction of sp³-hybridized carbons (Fsp3) is 0.538. The van der Waals surface area contributed by atoms with Gasteiger partial charge in [0.05, 0.1) is 23.5 Å². The Bertz CT molecular complexity index is 724. The number of benzene rings is 1. The largest absolute Gasteiger partial charge is 0.497 e. The first kappa shape index (κ1) is 16.3. The highest BCUT2D eigenvalue weighted by atomic mass is 32.2. The Labute approximate surface area is 125 Å². The molecule has 0 N–H and O–H groups in total. The van der Waals surface area contributed by atoms with E-state index in [0.717, 1.165) is 0 Å². The number of methoxy groups -OCH3 is 1. The van der Waals surface area contributed by atoms with E-state index in [2.05, 4.69) is 0 Å². The molecule has 1 saturated heterocycles. The topological polar surface area (TPSA) is 80.8 Å². The summed E-state index contributed by atoms with van der Waals surface area (Å²) in [5.41, 5.74) is -0.905. The molecule has 0 aliphatic carbocycles. The van der Waals surface area contributed by atoms with Gasteiger partial charge < -0.3 is 4.74 Å². The second-order valence-corrected chi connectivity index (χ2v) is 9.64. The number of ether oxygens (including phenoxy) is 1. The van der Waals surface area contributed by atoms with Crippen molar-refractivity contribution >= 4 is 19.9 Å². The van der Waals surface area contributed by atoms with Crippen LogP contribution in [0.2, 0.25) is 0 Å². The van der Waals surface area contributed by atoms with Crippen LogP contribution in [0.1, 0.15) is 13.3 Å². The molecule has 1 aliphatic heterocycles. The van der Waals surface area contributed by atoms with Crippen molar-refractivity contribution in [1.29, 1.82) is 0 Å². The standard InChI is InChI=1S/C13H19NO5S2/c1-13(8-9-20(15,16)10-13)14(2)21(17,18)12-6-4-11(19-3)5-7-12/h4-7H,8-10H2,1-3H3/t13-/m1/s1. The maximum atomic E-state index is 12.6. The molecule has 6 nitrogen and oxygen atoms in total. The smallest absolute Gasteiger partial charge is 0.243 e. The quantitative estimate of drug-likeness (QED) is 0.817. The fourth-order valence-corrected chi connectivity index (χ4v) is 6.23. The Morgan fingerprint density at radius 1 is 1.24 bits per heavy atom. The van der Waals surface area contributed by atoms with Gasteiger partial charge in [0.15, 0.2) is 9.84 Å². The molecule has 1 aromatic carbocycles. The van der Waals surface area contributed by atoms with Crippen molar-refractivity contribution in [1.82, 2.24) is 4.31 Å². The molecule has 0 saturated carbocycles. The van der Waals surface area contributed by atoms with Crippen LogP contribution in [-0.2, 0) is 19.9 Å². The van der Waals surface area contributed by atoms with Crippen LogP contribution in [0, 0.1) is 0 Å². The zero-order valence-electron chi connectivity index (χ0n) is 12.2. The summed E-state index contributed by atoms with van der Waals surface area (Å²) in [6.07, 6.45) is 0.307. The Hall–Kier alpha value is -1.12. The summed E-state index contributed by atoms with van der Waals surface area (Å²) in [5.74, 6) is 0.434. The summed E-state index contributed by atoms with van der Waals surface area (Å²) >= 11 is 0. The highest BCUT2D eigenvalue weighted by Gasteiger charge is 2.46. The molecule has 2 rings (SSSR count). The van der Waals surface area contributed by atoms with E-state index >= 15 is 0 Å². The lowest BCUT2D eigenvalue weighted by molar-refractivity contribution is 0.272. The van der Waals surface area contributed by atoms with Gasteiger partial charge in [0.2, 0.25) is 10.0 Å². The van der Waals surface area contributed by atoms with E-state index in [1.807, 2.05) is 0 Å². The summed E-state index contributed by atoms with van der Waals surface area (Å²) in [6, 6.07) is 6.04. The van der Waals surface area contributed by atoms with Crippen LogP contribution >= 0.6 is 0 Å². The van der Waals surface area contributed by atoms with Crippen LogP contribution in [0.5, 0.6) is 5.75 Å². The van der Waals surface area contributed by atoms with E-state index in [0.29, 0.717) is 12.2 Å². The predicted octanol–water partition coefficient (Wildman–Crippen LogP) is 0.893. The molecule has 1 aromatic rings. The third-order valence-electron chi connectivity index (χ3n) is 3.96. The highest BCUT2D eigenvalue weighted by Crippen LogP contribution is 2.32. The molecule has 118 valence electrons. The number of hydrogen-bond acceptors (Lipinski definition) is 5. The van der Waals surface area contributed by atoms with E-state index < -0.39 is 25.4 Å². The van der Waals surface area contributed by atoms with Crippen molar-refractivity contribution in [2.24, 2.45) is 0 Å². The Morgan fingerprint density at radius 3 is 2.24 bits per heavy atom. The van der Waals surface area contributed by atoms with Crippen LogP contribution < -0.4 is 4.74 Å². The van der Waals surface area contributed by atoms with Crippen LogP contribution in [-0.4, -0.2) is 52.3 Å². The van der Waals surface area contributed by atoms with Gasteiger partial charge in [-0.05, 0) is 37.6 Å². The highest BCUT2D eigenvalue weighted by molar-refractivity contribution is 7.92. The molecule has 0 radical (unpaired) electrons. The second-order valence-electron chi connectivity index (χ2n) is 5.49. The zero-order chi connectivity index (χ0) is 15.9. The summed E-state index contributed by atoms with van der Waals surface area (Å²) in [5, 5.41) is 0. The minimum Gasteiger partial charge on any atom is -0.497 e. The van der Waals surface area contributed by atoms with Crippen molar-refractivity contribution in [3.8, 4) is 5.75 Å². The molecule has 1 atom stereocenters. The van der Waals surface area contributed by atoms with Crippen molar-refractivity contribution in [3.63, 3.8) is 0 Å². The van der Waals surface area contributed by atoms with Gasteiger partial charge in [-0.15, -0.1) is 0 Å². The van der Waals surface area contributed by atoms with Crippen molar-refractivity contribution < 1.29 is 21.6 Å². The van der Waals surface area contributed by atoms with Crippen molar-refractivity contribution in [2.75, 3.05) is 25.7 Å². The molecule has 0 unspecified atom stereocenters. The molecule has 0 aromatic heterocycles. The molecule has 0 amide bonds. The second kappa shape index (κ2) is 5.26. The molecule has 21 heavy (non-hydrogen) atoms. The minimum atomic E-state index is -3.74. The number of nitrogens with zero attached hydrogens (tertiary/aromatic N) is 1. The van der Waals surface area contributed by atoms with E-state index in [1.165, 1.54) is 30.6 Å². The van der Waals surface area contributed by atoms with E-state index in [4.69, 9.17) is 4.74 Å². The van der Waals surface area contributed by atoms with E-state index in [1.54, 1.807) is 19.1 Å². The summed E-state index contributed by atoms with van der Waals surface area (Å²) in [7, 11) is -3.99. The van der Waals surface area contributed by atoms with Crippen molar-refractivity contribution in [3.05, 3.63) is 24.3 Å². The van der Waals surface area contributed by atoms with Crippen LogP contribution in [0.3, 0.4) is 0 Å². The molecular formula is C13H19NO5S2. The lowest BCUT2D eigenvalue weighted by atomic mass is 10.0. The first-order valence-corrected chi connectivity index (χ1v) is 9.70. The lowest BCUT2D eigenvalue weighted by Gasteiger charge is -2.33. The van der Waals surface area contributed by atoms with Gasteiger partial charge in [0, 0.05) is 12.6 Å². The third kappa shape index (κ3) is 3.07. The average Bonchev–Trinajstić information content (AvgIpc) is 2.73. The first-order chi connectivity index (χ1) is 9.61. The van der Waals surface area contributed by atoms with Crippen molar-refractivity contribution in [2.45, 2.75) is 23.8 Å². The third-order valence-corrected chi connectivity index (χ3v) is 7.88. The maximum Gasteiger partial charge on any atom is 0.243 e. The Balaban J connectivity index is 2.34. The number of hydrogen-bond donors (Lipinski definition) is 0. The molecule has 0 spiro atoms. The molecule has 1 fully saturated rings. The van der Waals surface area contributed by atoms with E-state index in [9.17, 15) is 16.8 Å². The van der Waals surface area contributed by atoms with Gasteiger partial charge in [0.1, 0.15) is 5.75 Å². The monoisotopic (exact) mass is 333 g/mol. The predicted molar refractivity (Wildman–Crippen MR) is 79.6 cm³/mol. The molecular weight excluding hydrogens is 314 g/mol. The number of sulfonamides is 1. The minimum absolute atomic E-state index is 0.0198. The normalized spacial score (nSPS) is 25.1. The Kier molecular flexibility index (Phi) is 4.07.